The average Bonchev–Trinajstić information content (AvgIpc) is 2.44. The van der Waals surface area contributed by atoms with Gasteiger partial charge in [-0.25, -0.2) is 0 Å². The van der Waals surface area contributed by atoms with E-state index in [0.717, 1.165) is 30.2 Å². The molecule has 0 saturated carbocycles. The van der Waals surface area contributed by atoms with Crippen molar-refractivity contribution in [3.8, 4) is 11.5 Å². The van der Waals surface area contributed by atoms with Crippen molar-refractivity contribution in [3.05, 3.63) is 21.7 Å². The van der Waals surface area contributed by atoms with Gasteiger partial charge in [0.25, 0.3) is 0 Å². The SMILES string of the molecule is Cc1c(Br)c(C2CCCNC2)cc2c1OCCO2. The molecule has 98 valence electrons. The number of nitrogens with one attached hydrogen (secondary N) is 1. The number of rotatable bonds is 1. The zero-order valence-corrected chi connectivity index (χ0v) is 12.2. The monoisotopic (exact) mass is 311 g/mol. The Morgan fingerprint density at radius 2 is 2.17 bits per heavy atom. The minimum absolute atomic E-state index is 0.572. The van der Waals surface area contributed by atoms with Gasteiger partial charge in [0.15, 0.2) is 11.5 Å². The van der Waals surface area contributed by atoms with E-state index in [1.807, 2.05) is 0 Å². The Kier molecular flexibility index (Phi) is 3.48. The molecule has 1 N–H and O–H groups in total. The molecule has 0 aromatic heterocycles. The van der Waals surface area contributed by atoms with Crippen molar-refractivity contribution in [1.82, 2.24) is 5.32 Å². The highest BCUT2D eigenvalue weighted by molar-refractivity contribution is 9.10. The van der Waals surface area contributed by atoms with Crippen LogP contribution in [0.3, 0.4) is 0 Å². The van der Waals surface area contributed by atoms with Gasteiger partial charge in [0.2, 0.25) is 0 Å². The summed E-state index contributed by atoms with van der Waals surface area (Å²) in [5, 5.41) is 3.47. The van der Waals surface area contributed by atoms with Gasteiger partial charge >= 0.3 is 0 Å². The Bertz CT molecular complexity index is 456. The predicted molar refractivity (Wildman–Crippen MR) is 74.7 cm³/mol. The van der Waals surface area contributed by atoms with E-state index < -0.39 is 0 Å². The molecule has 18 heavy (non-hydrogen) atoms. The molecule has 3 rings (SSSR count). The molecule has 0 radical (unpaired) electrons. The van der Waals surface area contributed by atoms with Crippen LogP contribution < -0.4 is 14.8 Å². The highest BCUT2D eigenvalue weighted by Crippen LogP contribution is 2.43. The Morgan fingerprint density at radius 3 is 2.94 bits per heavy atom. The van der Waals surface area contributed by atoms with Crippen LogP contribution in [0.25, 0.3) is 0 Å². The van der Waals surface area contributed by atoms with Crippen molar-refractivity contribution in [2.75, 3.05) is 26.3 Å². The van der Waals surface area contributed by atoms with Crippen molar-refractivity contribution >= 4 is 15.9 Å². The highest BCUT2D eigenvalue weighted by Gasteiger charge is 2.24. The molecular weight excluding hydrogens is 294 g/mol. The third kappa shape index (κ3) is 2.12. The van der Waals surface area contributed by atoms with E-state index in [4.69, 9.17) is 9.47 Å². The fraction of sp³-hybridized carbons (Fsp3) is 0.571. The third-order valence-corrected chi connectivity index (χ3v) is 4.81. The van der Waals surface area contributed by atoms with Gasteiger partial charge in [-0.2, -0.15) is 0 Å². The van der Waals surface area contributed by atoms with Gasteiger partial charge in [-0.15, -0.1) is 0 Å². The van der Waals surface area contributed by atoms with Crippen LogP contribution in [0.2, 0.25) is 0 Å². The molecule has 0 spiro atoms. The minimum atomic E-state index is 0.572. The molecule has 1 aromatic carbocycles. The van der Waals surface area contributed by atoms with Crippen LogP contribution >= 0.6 is 15.9 Å². The van der Waals surface area contributed by atoms with E-state index in [9.17, 15) is 0 Å². The number of ether oxygens (including phenoxy) is 2. The van der Waals surface area contributed by atoms with Gasteiger partial charge in [0, 0.05) is 16.6 Å². The highest BCUT2D eigenvalue weighted by atomic mass is 79.9. The van der Waals surface area contributed by atoms with Crippen molar-refractivity contribution in [2.45, 2.75) is 25.7 Å². The minimum Gasteiger partial charge on any atom is -0.486 e. The van der Waals surface area contributed by atoms with E-state index in [0.29, 0.717) is 19.1 Å². The standard InChI is InChI=1S/C14H18BrNO2/c1-9-13(15)11(10-3-2-4-16-8-10)7-12-14(9)18-6-5-17-12/h7,10,16H,2-6,8H2,1H3. The van der Waals surface area contributed by atoms with Crippen LogP contribution in [-0.4, -0.2) is 26.3 Å². The predicted octanol–water partition coefficient (Wildman–Crippen LogP) is 3.00. The molecule has 1 aromatic rings. The first-order chi connectivity index (χ1) is 8.77. The van der Waals surface area contributed by atoms with Crippen LogP contribution in [0.15, 0.2) is 10.5 Å². The Morgan fingerprint density at radius 1 is 1.33 bits per heavy atom. The molecule has 1 fully saturated rings. The topological polar surface area (TPSA) is 30.5 Å². The zero-order valence-electron chi connectivity index (χ0n) is 10.6. The maximum atomic E-state index is 5.72. The lowest BCUT2D eigenvalue weighted by atomic mass is 9.90. The second-order valence-corrected chi connectivity index (χ2v) is 5.77. The van der Waals surface area contributed by atoms with Crippen LogP contribution in [-0.2, 0) is 0 Å². The fourth-order valence-corrected chi connectivity index (χ4v) is 3.39. The van der Waals surface area contributed by atoms with E-state index >= 15 is 0 Å². The number of fused-ring (bicyclic) bond motifs is 1. The quantitative estimate of drug-likeness (QED) is 0.865. The van der Waals surface area contributed by atoms with Crippen molar-refractivity contribution < 1.29 is 9.47 Å². The van der Waals surface area contributed by atoms with Crippen molar-refractivity contribution in [1.29, 1.82) is 0 Å². The van der Waals surface area contributed by atoms with Crippen LogP contribution in [0.1, 0.15) is 29.9 Å². The molecule has 1 saturated heterocycles. The number of hydrogen-bond acceptors (Lipinski definition) is 3. The molecule has 2 aliphatic heterocycles. The van der Waals surface area contributed by atoms with E-state index in [-0.39, 0.29) is 0 Å². The summed E-state index contributed by atoms with van der Waals surface area (Å²) in [5.74, 6) is 2.38. The normalized spacial score (nSPS) is 22.9. The molecule has 2 heterocycles. The molecule has 4 heteroatoms. The Hall–Kier alpha value is -0.740. The van der Waals surface area contributed by atoms with Crippen molar-refractivity contribution in [3.63, 3.8) is 0 Å². The Labute approximate surface area is 116 Å². The molecular formula is C14H18BrNO2. The first-order valence-electron chi connectivity index (χ1n) is 6.56. The average molecular weight is 312 g/mol. The number of benzene rings is 1. The molecule has 0 amide bonds. The zero-order chi connectivity index (χ0) is 12.5. The molecule has 0 aliphatic carbocycles. The summed E-state index contributed by atoms with van der Waals surface area (Å²) in [5.41, 5.74) is 2.51. The van der Waals surface area contributed by atoms with Crippen LogP contribution in [0.5, 0.6) is 11.5 Å². The van der Waals surface area contributed by atoms with Gasteiger partial charge < -0.3 is 14.8 Å². The van der Waals surface area contributed by atoms with Gasteiger partial charge in [-0.3, -0.25) is 0 Å². The summed E-state index contributed by atoms with van der Waals surface area (Å²) in [6, 6.07) is 2.16. The lowest BCUT2D eigenvalue weighted by Crippen LogP contribution is -2.28. The lowest BCUT2D eigenvalue weighted by molar-refractivity contribution is 0.170. The first kappa shape index (κ1) is 12.3. The van der Waals surface area contributed by atoms with Gasteiger partial charge in [0.1, 0.15) is 13.2 Å². The number of hydrogen-bond donors (Lipinski definition) is 1. The van der Waals surface area contributed by atoms with Gasteiger partial charge in [0.05, 0.1) is 0 Å². The summed E-state index contributed by atoms with van der Waals surface area (Å²) in [7, 11) is 0. The lowest BCUT2D eigenvalue weighted by Gasteiger charge is -2.28. The van der Waals surface area contributed by atoms with Crippen molar-refractivity contribution in [2.24, 2.45) is 0 Å². The molecule has 0 bridgehead atoms. The summed E-state index contributed by atoms with van der Waals surface area (Å²) < 4.78 is 12.6. The smallest absolute Gasteiger partial charge is 0.165 e. The second kappa shape index (κ2) is 5.10. The van der Waals surface area contributed by atoms with E-state index in [1.165, 1.54) is 22.9 Å². The third-order valence-electron chi connectivity index (χ3n) is 3.76. The van der Waals surface area contributed by atoms with Gasteiger partial charge in [-0.05, 0) is 43.9 Å². The van der Waals surface area contributed by atoms with E-state index in [2.05, 4.69) is 34.2 Å². The van der Waals surface area contributed by atoms with Crippen LogP contribution in [0.4, 0.5) is 0 Å². The molecule has 3 nitrogen and oxygen atoms in total. The summed E-state index contributed by atoms with van der Waals surface area (Å²) >= 11 is 3.73. The van der Waals surface area contributed by atoms with Crippen LogP contribution in [0, 0.1) is 6.92 Å². The molecule has 1 unspecified atom stereocenters. The number of halogens is 1. The van der Waals surface area contributed by atoms with Gasteiger partial charge in [-0.1, -0.05) is 15.9 Å². The molecule has 1 atom stereocenters. The maximum Gasteiger partial charge on any atom is 0.165 e. The Balaban J connectivity index is 2.01. The fourth-order valence-electron chi connectivity index (χ4n) is 2.77. The van der Waals surface area contributed by atoms with E-state index in [1.54, 1.807) is 0 Å². The second-order valence-electron chi connectivity index (χ2n) is 4.97. The summed E-state index contributed by atoms with van der Waals surface area (Å²) in [4.78, 5) is 0. The first-order valence-corrected chi connectivity index (χ1v) is 7.36. The maximum absolute atomic E-state index is 5.72. The summed E-state index contributed by atoms with van der Waals surface area (Å²) in [6.45, 7) is 5.58. The molecule has 2 aliphatic rings. The summed E-state index contributed by atoms with van der Waals surface area (Å²) in [6.07, 6.45) is 2.48. The number of piperidine rings is 1. The largest absolute Gasteiger partial charge is 0.486 e.